The van der Waals surface area contributed by atoms with Gasteiger partial charge >= 0.3 is 6.09 Å². The second-order valence-corrected chi connectivity index (χ2v) is 13.2. The van der Waals surface area contributed by atoms with Gasteiger partial charge in [-0.3, -0.25) is 0 Å². The molecule has 0 radical (unpaired) electrons. The molecule has 0 saturated carbocycles. The van der Waals surface area contributed by atoms with Gasteiger partial charge in [0.1, 0.15) is 23.4 Å². The second-order valence-electron chi connectivity index (χ2n) is 11.3. The Hall–Kier alpha value is -3.51. The molecule has 12 heteroatoms. The van der Waals surface area contributed by atoms with Crippen molar-refractivity contribution in [3.8, 4) is 11.3 Å². The molecule has 4 heterocycles. The fourth-order valence-corrected chi connectivity index (χ4v) is 6.48. The van der Waals surface area contributed by atoms with Crippen LogP contribution in [0.4, 0.5) is 18.0 Å². The third-order valence-electron chi connectivity index (χ3n) is 7.07. The summed E-state index contributed by atoms with van der Waals surface area (Å²) in [4.78, 5) is 22.5. The van der Waals surface area contributed by atoms with Gasteiger partial charge in [-0.1, -0.05) is 6.08 Å². The van der Waals surface area contributed by atoms with Crippen molar-refractivity contribution in [1.29, 1.82) is 0 Å². The Morgan fingerprint density at radius 1 is 1.05 bits per heavy atom. The van der Waals surface area contributed by atoms with Crippen LogP contribution in [-0.4, -0.2) is 71.6 Å². The van der Waals surface area contributed by atoms with E-state index in [9.17, 15) is 17.6 Å². The van der Waals surface area contributed by atoms with Gasteiger partial charge in [-0.15, -0.1) is 0 Å². The lowest BCUT2D eigenvalue weighted by molar-refractivity contribution is 0.0270. The first-order valence-electron chi connectivity index (χ1n) is 13.3. The van der Waals surface area contributed by atoms with E-state index in [-0.39, 0.29) is 30.9 Å². The number of alkyl halides is 1. The Bertz CT molecular complexity index is 1650. The number of benzene rings is 1. The summed E-state index contributed by atoms with van der Waals surface area (Å²) in [6.07, 6.45) is 0.763. The molecule has 1 fully saturated rings. The molecule has 1 amide bonds. The second kappa shape index (κ2) is 10.7. The number of fused-ring (bicyclic) bond motifs is 1. The van der Waals surface area contributed by atoms with Crippen LogP contribution in [0.5, 0.6) is 0 Å². The fourth-order valence-electron chi connectivity index (χ4n) is 4.97. The van der Waals surface area contributed by atoms with Gasteiger partial charge in [0.05, 0.1) is 21.8 Å². The molecular weight excluding hydrogens is 557 g/mol. The summed E-state index contributed by atoms with van der Waals surface area (Å²) in [6.45, 7) is 7.59. The zero-order valence-corrected chi connectivity index (χ0v) is 24.1. The predicted octanol–water partition coefficient (Wildman–Crippen LogP) is 5.64. The molecule has 0 bridgehead atoms. The maximum absolute atomic E-state index is 15.3. The molecule has 5 rings (SSSR count). The number of hydrogen-bond acceptors (Lipinski definition) is 6. The fraction of sp³-hybridized carbons (Fsp3) is 0.414. The van der Waals surface area contributed by atoms with Crippen LogP contribution in [0.25, 0.3) is 27.9 Å². The van der Waals surface area contributed by atoms with Crippen molar-refractivity contribution in [3.05, 3.63) is 59.3 Å². The molecule has 1 saturated heterocycles. The normalized spacial score (nSPS) is 18.6. The zero-order valence-electron chi connectivity index (χ0n) is 23.2. The van der Waals surface area contributed by atoms with Crippen LogP contribution in [-0.2, 0) is 14.8 Å². The number of amides is 1. The zero-order chi connectivity index (χ0) is 29.7. The van der Waals surface area contributed by atoms with Crippen LogP contribution >= 0.6 is 0 Å². The topological polar surface area (TPSA) is 92.7 Å². The van der Waals surface area contributed by atoms with Gasteiger partial charge in [0.15, 0.2) is 5.65 Å². The van der Waals surface area contributed by atoms with E-state index >= 15 is 8.78 Å². The molecule has 1 aromatic carbocycles. The molecule has 2 aromatic heterocycles. The minimum absolute atomic E-state index is 0.0303. The maximum Gasteiger partial charge on any atom is 0.410 e. The quantitative estimate of drug-likeness (QED) is 0.392. The van der Waals surface area contributed by atoms with Gasteiger partial charge in [-0.05, 0) is 82.0 Å². The number of sulfonamides is 1. The van der Waals surface area contributed by atoms with E-state index in [4.69, 9.17) is 4.74 Å². The van der Waals surface area contributed by atoms with Crippen molar-refractivity contribution in [2.24, 2.45) is 0 Å². The van der Waals surface area contributed by atoms with E-state index in [2.05, 4.69) is 9.97 Å². The van der Waals surface area contributed by atoms with Gasteiger partial charge < -0.3 is 9.64 Å². The lowest BCUT2D eigenvalue weighted by Gasteiger charge is -2.29. The third kappa shape index (κ3) is 5.94. The first-order chi connectivity index (χ1) is 19.2. The van der Waals surface area contributed by atoms with Crippen LogP contribution in [0.2, 0.25) is 0 Å². The number of rotatable bonds is 4. The van der Waals surface area contributed by atoms with E-state index < -0.39 is 50.0 Å². The number of nitrogens with zero attached hydrogens (tertiary/aromatic N) is 4. The van der Waals surface area contributed by atoms with E-state index in [1.54, 1.807) is 11.8 Å². The molecule has 0 spiro atoms. The number of aryl methyl sites for hydroxylation is 1. The summed E-state index contributed by atoms with van der Waals surface area (Å²) in [5.41, 5.74) is 1.38. The largest absolute Gasteiger partial charge is 0.444 e. The van der Waals surface area contributed by atoms with E-state index in [1.165, 1.54) is 6.07 Å². The highest BCUT2D eigenvalue weighted by Gasteiger charge is 2.34. The van der Waals surface area contributed by atoms with Crippen molar-refractivity contribution < 1.29 is 31.1 Å². The van der Waals surface area contributed by atoms with Gasteiger partial charge in [0.25, 0.3) is 0 Å². The number of pyridine rings is 2. The van der Waals surface area contributed by atoms with E-state index in [1.807, 2.05) is 39.0 Å². The van der Waals surface area contributed by atoms with Crippen molar-refractivity contribution in [2.45, 2.75) is 57.2 Å². The maximum atomic E-state index is 15.3. The first-order valence-corrected chi connectivity index (χ1v) is 14.8. The van der Waals surface area contributed by atoms with Crippen LogP contribution in [0, 0.1) is 18.6 Å². The standard InChI is InChI=1S/C29H31F3N4O4S/c1-17-13-25(26-22(31)14-20(15-23(26)32)41(38,39)36-12-9-19(30)16-36)34-27-21(17)5-6-24(33-27)18-7-10-35(11-8-18)28(37)40-29(2,3)4/h5-7,13-15,19H,8-12,16H2,1-4H3/t19-/m0/s1. The molecule has 41 heavy (non-hydrogen) atoms. The van der Waals surface area contributed by atoms with Crippen molar-refractivity contribution >= 4 is 32.7 Å². The highest BCUT2D eigenvalue weighted by molar-refractivity contribution is 7.89. The van der Waals surface area contributed by atoms with Gasteiger partial charge in [-0.2, -0.15) is 4.31 Å². The molecule has 2 aliphatic heterocycles. The lowest BCUT2D eigenvalue weighted by Crippen LogP contribution is -2.39. The molecule has 8 nitrogen and oxygen atoms in total. The minimum atomic E-state index is -4.25. The number of carbonyl (C=O) groups is 1. The average Bonchev–Trinajstić information content (AvgIpc) is 3.34. The van der Waals surface area contributed by atoms with Crippen LogP contribution in [0.15, 0.2) is 41.3 Å². The molecule has 3 aromatic rings. The highest BCUT2D eigenvalue weighted by atomic mass is 32.2. The number of halogens is 3. The first kappa shape index (κ1) is 29.0. The Balaban J connectivity index is 1.45. The number of hydrogen-bond donors (Lipinski definition) is 0. The van der Waals surface area contributed by atoms with Crippen LogP contribution < -0.4 is 0 Å². The number of ether oxygens (including phenoxy) is 1. The van der Waals surface area contributed by atoms with Crippen LogP contribution in [0.1, 0.15) is 44.9 Å². The Labute approximate surface area is 236 Å². The van der Waals surface area contributed by atoms with Crippen LogP contribution in [0.3, 0.4) is 0 Å². The molecule has 2 aliphatic rings. The average molecular weight is 589 g/mol. The van der Waals surface area contributed by atoms with E-state index in [0.29, 0.717) is 36.2 Å². The summed E-state index contributed by atoms with van der Waals surface area (Å²) in [6, 6.07) is 6.68. The smallest absolute Gasteiger partial charge is 0.410 e. The molecule has 1 atom stereocenters. The highest BCUT2D eigenvalue weighted by Crippen LogP contribution is 2.33. The lowest BCUT2D eigenvalue weighted by atomic mass is 10.0. The summed E-state index contributed by atoms with van der Waals surface area (Å²) in [5, 5.41) is 0.694. The summed E-state index contributed by atoms with van der Waals surface area (Å²) >= 11 is 0. The van der Waals surface area contributed by atoms with Crippen molar-refractivity contribution in [2.75, 3.05) is 26.2 Å². The minimum Gasteiger partial charge on any atom is -0.444 e. The molecule has 0 aliphatic carbocycles. The van der Waals surface area contributed by atoms with Crippen molar-refractivity contribution in [3.63, 3.8) is 0 Å². The summed E-state index contributed by atoms with van der Waals surface area (Å²) < 4.78 is 76.2. The Morgan fingerprint density at radius 3 is 2.32 bits per heavy atom. The SMILES string of the molecule is Cc1cc(-c2c(F)cc(S(=O)(=O)N3CC[C@H](F)C3)cc2F)nc2nc(C3=CCN(C(=O)OC(C)(C)C)CC3)ccc12. The third-order valence-corrected chi connectivity index (χ3v) is 8.92. The summed E-state index contributed by atoms with van der Waals surface area (Å²) in [5.74, 6) is -2.20. The number of carbonyl (C=O) groups excluding carboxylic acids is 1. The molecule has 218 valence electrons. The van der Waals surface area contributed by atoms with Gasteiger partial charge in [0, 0.05) is 31.6 Å². The molecular formula is C29H31F3N4O4S. The Kier molecular flexibility index (Phi) is 7.58. The van der Waals surface area contributed by atoms with Gasteiger partial charge in [0.2, 0.25) is 10.0 Å². The Morgan fingerprint density at radius 2 is 1.73 bits per heavy atom. The monoisotopic (exact) mass is 588 g/mol. The molecule has 0 N–H and O–H groups in total. The summed E-state index contributed by atoms with van der Waals surface area (Å²) in [7, 11) is -4.25. The van der Waals surface area contributed by atoms with Gasteiger partial charge in [-0.25, -0.2) is 36.4 Å². The molecule has 0 unspecified atom stereocenters. The van der Waals surface area contributed by atoms with E-state index in [0.717, 1.165) is 22.0 Å². The van der Waals surface area contributed by atoms with Crippen molar-refractivity contribution in [1.82, 2.24) is 19.2 Å². The number of aromatic nitrogens is 2. The predicted molar refractivity (Wildman–Crippen MR) is 148 cm³/mol.